The Balaban J connectivity index is 2.55. The normalized spacial score (nSPS) is 12.6. The zero-order valence-corrected chi connectivity index (χ0v) is 10.6. The maximum atomic E-state index is 10.8. The Bertz CT molecular complexity index is 625. The van der Waals surface area contributed by atoms with E-state index in [4.69, 9.17) is 5.11 Å². The summed E-state index contributed by atoms with van der Waals surface area (Å²) >= 11 is 0.763. The van der Waals surface area contributed by atoms with Gasteiger partial charge in [0.2, 0.25) is 0 Å². The van der Waals surface area contributed by atoms with Crippen LogP contribution in [0.1, 0.15) is 10.5 Å². The van der Waals surface area contributed by atoms with Crippen molar-refractivity contribution < 1.29 is 18.7 Å². The smallest absolute Gasteiger partial charge is 0.352 e. The number of H-pyrrole nitrogens is 1. The third-order valence-electron chi connectivity index (χ3n) is 2.13. The molecule has 0 amide bonds. The van der Waals surface area contributed by atoms with Crippen LogP contribution in [0.2, 0.25) is 0 Å². The van der Waals surface area contributed by atoms with E-state index >= 15 is 0 Å². The summed E-state index contributed by atoms with van der Waals surface area (Å²) in [7, 11) is 0. The van der Waals surface area contributed by atoms with Crippen LogP contribution in [0.4, 0.5) is 5.69 Å². The molecule has 1 unspecified atom stereocenters. The predicted octanol–water partition coefficient (Wildman–Crippen LogP) is 1.83. The Morgan fingerprint density at radius 3 is 2.76 bits per heavy atom. The number of aromatic nitrogens is 1. The number of anilines is 1. The Labute approximate surface area is 107 Å². The van der Waals surface area contributed by atoms with Gasteiger partial charge in [-0.3, -0.25) is 4.21 Å². The first-order valence-corrected chi connectivity index (χ1v) is 6.25. The van der Waals surface area contributed by atoms with E-state index in [-0.39, 0.29) is 5.69 Å². The van der Waals surface area contributed by atoms with Crippen molar-refractivity contribution in [3.8, 4) is 0 Å². The van der Waals surface area contributed by atoms with Crippen LogP contribution in [-0.4, -0.2) is 24.8 Å². The van der Waals surface area contributed by atoms with Crippen LogP contribution in [0.3, 0.4) is 0 Å². The lowest BCUT2D eigenvalue weighted by atomic mass is 10.2. The standard InChI is InChI=1S/C9H7BrN2O4S/c10-5-1-4-2-8(9(13)14)11-6(4)3-7(5)12-17(15)16/h1-3,11-12H,(H,13,14)(H,15,16)/p-1. The van der Waals surface area contributed by atoms with Gasteiger partial charge in [0, 0.05) is 26.6 Å². The highest BCUT2D eigenvalue weighted by Crippen LogP contribution is 2.29. The number of hydrogen-bond acceptors (Lipinski definition) is 3. The van der Waals surface area contributed by atoms with Crippen LogP contribution < -0.4 is 4.72 Å². The van der Waals surface area contributed by atoms with Gasteiger partial charge in [-0.1, -0.05) is 0 Å². The van der Waals surface area contributed by atoms with E-state index in [9.17, 15) is 13.6 Å². The summed E-state index contributed by atoms with van der Waals surface area (Å²) in [5.74, 6) is -1.07. The van der Waals surface area contributed by atoms with Gasteiger partial charge < -0.3 is 19.4 Å². The number of benzene rings is 1. The van der Waals surface area contributed by atoms with Crippen LogP contribution in [-0.2, 0) is 11.3 Å². The van der Waals surface area contributed by atoms with Crippen LogP contribution in [0.5, 0.6) is 0 Å². The molecule has 2 rings (SSSR count). The van der Waals surface area contributed by atoms with Crippen molar-refractivity contribution in [3.63, 3.8) is 0 Å². The predicted molar refractivity (Wildman–Crippen MR) is 65.5 cm³/mol. The summed E-state index contributed by atoms with van der Waals surface area (Å²) in [6, 6.07) is 4.62. The Morgan fingerprint density at radius 1 is 1.47 bits per heavy atom. The van der Waals surface area contributed by atoms with Gasteiger partial charge in [-0.05, 0) is 34.1 Å². The van der Waals surface area contributed by atoms with E-state index in [1.165, 1.54) is 12.1 Å². The first-order valence-electron chi connectivity index (χ1n) is 4.39. The molecule has 2 aromatic rings. The molecular weight excluding hydrogens is 312 g/mol. The van der Waals surface area contributed by atoms with Crippen LogP contribution >= 0.6 is 15.9 Å². The van der Waals surface area contributed by atoms with E-state index in [0.29, 0.717) is 21.1 Å². The van der Waals surface area contributed by atoms with Crippen molar-refractivity contribution in [1.82, 2.24) is 4.98 Å². The van der Waals surface area contributed by atoms with E-state index < -0.39 is 17.2 Å². The molecule has 1 heterocycles. The molecule has 1 atom stereocenters. The Morgan fingerprint density at radius 2 is 2.18 bits per heavy atom. The zero-order chi connectivity index (χ0) is 12.6. The topological polar surface area (TPSA) is 105 Å². The van der Waals surface area contributed by atoms with Crippen molar-refractivity contribution in [2.75, 3.05) is 4.72 Å². The molecule has 0 saturated carbocycles. The molecule has 1 aromatic carbocycles. The average molecular weight is 318 g/mol. The molecule has 6 nitrogen and oxygen atoms in total. The number of aromatic carboxylic acids is 1. The summed E-state index contributed by atoms with van der Waals surface area (Å²) in [6.07, 6.45) is 0. The van der Waals surface area contributed by atoms with Crippen molar-refractivity contribution in [2.24, 2.45) is 0 Å². The molecule has 0 aliphatic heterocycles. The second kappa shape index (κ2) is 4.47. The molecule has 3 N–H and O–H groups in total. The molecule has 0 bridgehead atoms. The van der Waals surface area contributed by atoms with E-state index in [1.54, 1.807) is 6.07 Å². The van der Waals surface area contributed by atoms with Gasteiger partial charge in [-0.25, -0.2) is 4.79 Å². The fraction of sp³-hybridized carbons (Fsp3) is 0. The zero-order valence-electron chi connectivity index (χ0n) is 8.19. The number of halogens is 1. The molecule has 8 heteroatoms. The number of nitrogens with one attached hydrogen (secondary N) is 2. The van der Waals surface area contributed by atoms with Crippen molar-refractivity contribution in [1.29, 1.82) is 0 Å². The first-order chi connectivity index (χ1) is 7.97. The maximum absolute atomic E-state index is 10.8. The van der Waals surface area contributed by atoms with E-state index in [0.717, 1.165) is 0 Å². The molecular formula is C9H6BrN2O4S-. The van der Waals surface area contributed by atoms with Crippen molar-refractivity contribution in [2.45, 2.75) is 0 Å². The first kappa shape index (κ1) is 12.1. The minimum atomic E-state index is -2.43. The monoisotopic (exact) mass is 317 g/mol. The van der Waals surface area contributed by atoms with Crippen LogP contribution in [0.25, 0.3) is 10.9 Å². The number of carboxylic acids is 1. The van der Waals surface area contributed by atoms with Crippen molar-refractivity contribution >= 4 is 49.8 Å². The van der Waals surface area contributed by atoms with Gasteiger partial charge in [0.15, 0.2) is 0 Å². The lowest BCUT2D eigenvalue weighted by molar-refractivity contribution is 0.0691. The third kappa shape index (κ3) is 2.48. The highest BCUT2D eigenvalue weighted by Gasteiger charge is 2.09. The summed E-state index contributed by atoms with van der Waals surface area (Å²) in [6.45, 7) is 0. The van der Waals surface area contributed by atoms with Gasteiger partial charge >= 0.3 is 5.97 Å². The highest BCUT2D eigenvalue weighted by molar-refractivity contribution is 9.10. The molecule has 0 spiro atoms. The van der Waals surface area contributed by atoms with Crippen molar-refractivity contribution in [3.05, 3.63) is 28.4 Å². The maximum Gasteiger partial charge on any atom is 0.352 e. The minimum Gasteiger partial charge on any atom is -0.755 e. The number of hydrogen-bond donors (Lipinski definition) is 3. The number of rotatable bonds is 3. The summed E-state index contributed by atoms with van der Waals surface area (Å²) in [5, 5.41) is 9.49. The molecule has 0 saturated heterocycles. The second-order valence-electron chi connectivity index (χ2n) is 3.24. The van der Waals surface area contributed by atoms with Gasteiger partial charge in [-0.2, -0.15) is 0 Å². The highest BCUT2D eigenvalue weighted by atomic mass is 79.9. The fourth-order valence-corrected chi connectivity index (χ4v) is 2.38. The number of aromatic amines is 1. The molecule has 0 fully saturated rings. The number of carbonyl (C=O) groups is 1. The molecule has 0 aliphatic rings. The van der Waals surface area contributed by atoms with Crippen LogP contribution in [0.15, 0.2) is 22.7 Å². The molecule has 0 aliphatic carbocycles. The third-order valence-corrected chi connectivity index (χ3v) is 3.17. The van der Waals surface area contributed by atoms with Gasteiger partial charge in [0.1, 0.15) is 5.69 Å². The molecule has 1 aromatic heterocycles. The average Bonchev–Trinajstić information content (AvgIpc) is 2.60. The molecule has 17 heavy (non-hydrogen) atoms. The molecule has 90 valence electrons. The quantitative estimate of drug-likeness (QED) is 0.751. The summed E-state index contributed by atoms with van der Waals surface area (Å²) in [4.78, 5) is 13.4. The fourth-order valence-electron chi connectivity index (χ4n) is 1.44. The number of carboxylic acid groups (broad SMARTS) is 1. The van der Waals surface area contributed by atoms with Gasteiger partial charge in [-0.15, -0.1) is 0 Å². The van der Waals surface area contributed by atoms with Gasteiger partial charge in [0.25, 0.3) is 0 Å². The second-order valence-corrected chi connectivity index (χ2v) is 4.77. The largest absolute Gasteiger partial charge is 0.755 e. The Kier molecular flexibility index (Phi) is 3.18. The Hall–Kier alpha value is -1.38. The van der Waals surface area contributed by atoms with Gasteiger partial charge in [0.05, 0.1) is 5.69 Å². The summed E-state index contributed by atoms with van der Waals surface area (Å²) < 4.78 is 23.8. The number of fused-ring (bicyclic) bond motifs is 1. The molecule has 0 radical (unpaired) electrons. The lowest BCUT2D eigenvalue weighted by Crippen LogP contribution is -2.02. The van der Waals surface area contributed by atoms with E-state index in [2.05, 4.69) is 25.6 Å². The lowest BCUT2D eigenvalue weighted by Gasteiger charge is -2.10. The van der Waals surface area contributed by atoms with E-state index in [1.807, 2.05) is 0 Å². The SMILES string of the molecule is O=C(O)c1cc2cc(Br)c(NS(=O)[O-])cc2[nH]1. The van der Waals surface area contributed by atoms with Crippen LogP contribution in [0, 0.1) is 0 Å². The minimum absolute atomic E-state index is 0.0484. The summed E-state index contributed by atoms with van der Waals surface area (Å²) in [5.41, 5.74) is 0.926.